The summed E-state index contributed by atoms with van der Waals surface area (Å²) in [5, 5.41) is 31.7. The van der Waals surface area contributed by atoms with Gasteiger partial charge in [-0.05, 0) is 84.0 Å². The molecule has 0 amide bonds. The van der Waals surface area contributed by atoms with Crippen molar-refractivity contribution in [1.82, 2.24) is 0 Å². The number of carbonyl (C=O) groups is 2. The summed E-state index contributed by atoms with van der Waals surface area (Å²) in [6.07, 6.45) is 21.7. The van der Waals surface area contributed by atoms with Gasteiger partial charge >= 0.3 is 5.97 Å². The van der Waals surface area contributed by atoms with Gasteiger partial charge in [0.1, 0.15) is 11.9 Å². The van der Waals surface area contributed by atoms with Crippen LogP contribution in [0.25, 0.3) is 0 Å². The topological polar surface area (TPSA) is 123 Å². The van der Waals surface area contributed by atoms with Crippen LogP contribution in [0.15, 0.2) is 0 Å². The Balaban J connectivity index is 1.14. The zero-order valence-corrected chi connectivity index (χ0v) is 28.5. The van der Waals surface area contributed by atoms with Gasteiger partial charge in [0, 0.05) is 6.42 Å². The second kappa shape index (κ2) is 21.7. The lowest BCUT2D eigenvalue weighted by atomic mass is 9.96. The first kappa shape index (κ1) is 38.4. The van der Waals surface area contributed by atoms with E-state index < -0.39 is 12.2 Å². The summed E-state index contributed by atoms with van der Waals surface area (Å²) >= 11 is 0. The number of unbranched alkanes of at least 4 members (excludes halogenated alkanes) is 10. The zero-order chi connectivity index (χ0) is 32.4. The molecule has 0 radical (unpaired) electrons. The van der Waals surface area contributed by atoms with Crippen molar-refractivity contribution in [2.75, 3.05) is 0 Å². The summed E-state index contributed by atoms with van der Waals surface area (Å²) < 4.78 is 17.9. The van der Waals surface area contributed by atoms with E-state index in [0.717, 1.165) is 89.9 Å². The monoisotopic (exact) mass is 638 g/mol. The third-order valence-corrected chi connectivity index (χ3v) is 10.3. The van der Waals surface area contributed by atoms with E-state index in [1.165, 1.54) is 51.9 Å². The molecule has 3 aliphatic heterocycles. The van der Waals surface area contributed by atoms with Gasteiger partial charge in [0.25, 0.3) is 0 Å². The Labute approximate surface area is 273 Å². The van der Waals surface area contributed by atoms with E-state index in [-0.39, 0.29) is 54.3 Å². The summed E-state index contributed by atoms with van der Waals surface area (Å²) in [5.41, 5.74) is 0. The normalized spacial score (nSPS) is 28.8. The minimum absolute atomic E-state index is 0.00262. The van der Waals surface area contributed by atoms with Gasteiger partial charge in [-0.25, -0.2) is 0 Å². The summed E-state index contributed by atoms with van der Waals surface area (Å²) in [4.78, 5) is 23.1. The zero-order valence-electron chi connectivity index (χ0n) is 28.5. The molecule has 3 aliphatic rings. The Morgan fingerprint density at radius 1 is 0.711 bits per heavy atom. The van der Waals surface area contributed by atoms with Gasteiger partial charge in [-0.3, -0.25) is 4.79 Å². The molecule has 0 saturated carbocycles. The fourth-order valence-corrected chi connectivity index (χ4v) is 7.58. The highest BCUT2D eigenvalue weighted by Gasteiger charge is 2.40. The van der Waals surface area contributed by atoms with Crippen LogP contribution in [-0.2, 0) is 23.8 Å². The average molecular weight is 639 g/mol. The van der Waals surface area contributed by atoms with Crippen LogP contribution >= 0.6 is 0 Å². The number of ketones is 1. The van der Waals surface area contributed by atoms with E-state index in [4.69, 9.17) is 14.2 Å². The molecule has 0 aromatic rings. The smallest absolute Gasteiger partial charge is 0.309 e. The van der Waals surface area contributed by atoms with Gasteiger partial charge < -0.3 is 34.3 Å². The van der Waals surface area contributed by atoms with Gasteiger partial charge in [-0.15, -0.1) is 0 Å². The molecular weight excluding hydrogens is 572 g/mol. The predicted molar refractivity (Wildman–Crippen MR) is 176 cm³/mol. The van der Waals surface area contributed by atoms with E-state index in [9.17, 15) is 24.9 Å². The van der Waals surface area contributed by atoms with Gasteiger partial charge in [-0.1, -0.05) is 77.6 Å². The highest BCUT2D eigenvalue weighted by molar-refractivity contribution is 5.83. The number of carbonyl (C=O) groups excluding carboxylic acids is 2. The molecule has 0 aliphatic carbocycles. The second-order valence-corrected chi connectivity index (χ2v) is 14.5. The van der Waals surface area contributed by atoms with Gasteiger partial charge in [0.15, 0.2) is 0 Å². The molecule has 0 bridgehead atoms. The van der Waals surface area contributed by atoms with Crippen molar-refractivity contribution in [3.63, 3.8) is 0 Å². The minimum atomic E-state index is -0.490. The summed E-state index contributed by atoms with van der Waals surface area (Å²) in [6.45, 7) is 3.73. The van der Waals surface area contributed by atoms with Gasteiger partial charge in [-0.2, -0.15) is 0 Å². The van der Waals surface area contributed by atoms with Crippen LogP contribution in [0.5, 0.6) is 0 Å². The number of hydrogen-bond acceptors (Lipinski definition) is 8. The van der Waals surface area contributed by atoms with Crippen molar-refractivity contribution in [3.8, 4) is 0 Å². The Morgan fingerprint density at radius 3 is 1.82 bits per heavy atom. The molecule has 9 atom stereocenters. The molecule has 262 valence electrons. The van der Waals surface area contributed by atoms with Crippen molar-refractivity contribution in [2.24, 2.45) is 5.92 Å². The molecule has 0 aromatic heterocycles. The van der Waals surface area contributed by atoms with Crippen molar-refractivity contribution in [1.29, 1.82) is 0 Å². The standard InChI is InChI=1S/C37H66O8/c1-3-4-5-12-16-29(39)17-15-20-32(41)34-22-24-36(45-34)35-23-21-33(44-35)31(40)19-14-11-9-7-6-8-10-13-18-30-26-28(25-27(2)38)37(42)43-30/h28-36,39-41H,3-26H2,1-2H3/t28-,29+,30-,31-,32+,33-,34-,35-,36-/m1/s1. The van der Waals surface area contributed by atoms with Crippen molar-refractivity contribution < 1.29 is 39.1 Å². The highest BCUT2D eigenvalue weighted by Crippen LogP contribution is 2.35. The van der Waals surface area contributed by atoms with Crippen LogP contribution in [0.4, 0.5) is 0 Å². The number of ether oxygens (including phenoxy) is 3. The first-order valence-electron chi connectivity index (χ1n) is 18.8. The fraction of sp³-hybridized carbons (Fsp3) is 0.946. The summed E-state index contributed by atoms with van der Waals surface area (Å²) in [7, 11) is 0. The molecule has 3 fully saturated rings. The molecule has 0 aromatic carbocycles. The third-order valence-electron chi connectivity index (χ3n) is 10.3. The van der Waals surface area contributed by atoms with Crippen molar-refractivity contribution in [2.45, 2.75) is 217 Å². The van der Waals surface area contributed by atoms with Crippen LogP contribution in [-0.4, -0.2) is 75.9 Å². The van der Waals surface area contributed by atoms with Crippen LogP contribution in [0, 0.1) is 5.92 Å². The first-order chi connectivity index (χ1) is 21.8. The summed E-state index contributed by atoms with van der Waals surface area (Å²) in [6, 6.07) is 0. The second-order valence-electron chi connectivity index (χ2n) is 14.5. The molecule has 45 heavy (non-hydrogen) atoms. The number of cyclic esters (lactones) is 1. The van der Waals surface area contributed by atoms with Crippen LogP contribution in [0.1, 0.15) is 168 Å². The SMILES string of the molecule is CCCCCC[C@H](O)CCC[C@H](O)[C@H]1CC[C@H]([C@H]2CC[C@H]([C@H](O)CCCCCCCCCC[C@@H]3C[C@@H](CC(C)=O)C(=O)O3)O2)O1. The number of aliphatic hydroxyl groups is 3. The van der Waals surface area contributed by atoms with E-state index >= 15 is 0 Å². The summed E-state index contributed by atoms with van der Waals surface area (Å²) in [5.74, 6) is -0.366. The predicted octanol–water partition coefficient (Wildman–Crippen LogP) is 7.12. The highest BCUT2D eigenvalue weighted by atomic mass is 16.6. The van der Waals surface area contributed by atoms with Crippen LogP contribution in [0.3, 0.4) is 0 Å². The molecule has 0 unspecified atom stereocenters. The quantitative estimate of drug-likeness (QED) is 0.0714. The Hall–Kier alpha value is -1.06. The van der Waals surface area contributed by atoms with E-state index in [0.29, 0.717) is 19.3 Å². The van der Waals surface area contributed by atoms with E-state index in [1.54, 1.807) is 0 Å². The Bertz CT molecular complexity index is 820. The molecule has 8 nitrogen and oxygen atoms in total. The maximum Gasteiger partial charge on any atom is 0.309 e. The maximum absolute atomic E-state index is 11.9. The molecule has 3 saturated heterocycles. The molecular formula is C37H66O8. The maximum atomic E-state index is 11.9. The number of hydrogen-bond donors (Lipinski definition) is 3. The van der Waals surface area contributed by atoms with Crippen LogP contribution < -0.4 is 0 Å². The number of aliphatic hydroxyl groups excluding tert-OH is 3. The van der Waals surface area contributed by atoms with Gasteiger partial charge in [0.05, 0.1) is 48.6 Å². The lowest BCUT2D eigenvalue weighted by Gasteiger charge is -2.24. The number of Topliss-reactive ketones (excluding diaryl/α,β-unsaturated/α-hetero) is 1. The molecule has 3 heterocycles. The molecule has 0 spiro atoms. The van der Waals surface area contributed by atoms with E-state index in [1.807, 2.05) is 0 Å². The fourth-order valence-electron chi connectivity index (χ4n) is 7.58. The Morgan fingerprint density at radius 2 is 1.22 bits per heavy atom. The first-order valence-corrected chi connectivity index (χ1v) is 18.8. The van der Waals surface area contributed by atoms with E-state index in [2.05, 4.69) is 6.92 Å². The molecule has 3 rings (SSSR count). The van der Waals surface area contributed by atoms with Crippen molar-refractivity contribution >= 4 is 11.8 Å². The molecule has 8 heteroatoms. The van der Waals surface area contributed by atoms with Crippen molar-refractivity contribution in [3.05, 3.63) is 0 Å². The minimum Gasteiger partial charge on any atom is -0.462 e. The Kier molecular flexibility index (Phi) is 18.5. The van der Waals surface area contributed by atoms with Crippen LogP contribution in [0.2, 0.25) is 0 Å². The lowest BCUT2D eigenvalue weighted by Crippen LogP contribution is -2.33. The number of rotatable bonds is 25. The number of esters is 1. The lowest BCUT2D eigenvalue weighted by molar-refractivity contribution is -0.145. The van der Waals surface area contributed by atoms with Gasteiger partial charge in [0.2, 0.25) is 0 Å². The third kappa shape index (κ3) is 14.7. The largest absolute Gasteiger partial charge is 0.462 e. The average Bonchev–Trinajstić information content (AvgIpc) is 3.76. The molecule has 3 N–H and O–H groups in total.